The van der Waals surface area contributed by atoms with Gasteiger partial charge in [-0.15, -0.1) is 0 Å². The molecule has 1 aliphatic heterocycles. The van der Waals surface area contributed by atoms with Crippen LogP contribution in [0.4, 0.5) is 0 Å². The summed E-state index contributed by atoms with van der Waals surface area (Å²) in [6.45, 7) is 7.50. The van der Waals surface area contributed by atoms with Crippen molar-refractivity contribution in [2.75, 3.05) is 19.6 Å². The summed E-state index contributed by atoms with van der Waals surface area (Å²) in [7, 11) is 0. The second kappa shape index (κ2) is 5.21. The van der Waals surface area contributed by atoms with Gasteiger partial charge in [0, 0.05) is 12.6 Å². The summed E-state index contributed by atoms with van der Waals surface area (Å²) >= 11 is 0. The zero-order valence-corrected chi connectivity index (χ0v) is 8.58. The molecule has 0 aromatic rings. The predicted octanol–water partition coefficient (Wildman–Crippen LogP) is 0.972. The Morgan fingerprint density at radius 2 is 2.00 bits per heavy atom. The summed E-state index contributed by atoms with van der Waals surface area (Å²) in [4.78, 5) is 2.48. The van der Waals surface area contributed by atoms with Gasteiger partial charge in [0.15, 0.2) is 0 Å². The number of nitrogens with one attached hydrogen (secondary N) is 1. The van der Waals surface area contributed by atoms with Gasteiger partial charge in [-0.25, -0.2) is 0 Å². The van der Waals surface area contributed by atoms with E-state index in [0.29, 0.717) is 6.04 Å². The maximum atomic E-state index is 8.59. The number of likely N-dealkylation sites (tertiary alicyclic amines) is 1. The molecule has 1 aliphatic rings. The molecule has 1 rings (SSSR count). The monoisotopic (exact) mass is 181 g/mol. The second-order valence-electron chi connectivity index (χ2n) is 3.85. The molecule has 74 valence electrons. The molecule has 0 aromatic heterocycles. The molecular formula is C10H19N3. The second-order valence-corrected chi connectivity index (χ2v) is 3.85. The van der Waals surface area contributed by atoms with Gasteiger partial charge in [0.25, 0.3) is 0 Å². The maximum absolute atomic E-state index is 8.59. The lowest BCUT2D eigenvalue weighted by molar-refractivity contribution is 0.250. The van der Waals surface area contributed by atoms with E-state index in [-0.39, 0.29) is 6.04 Å². The fraction of sp³-hybridized carbons (Fsp3) is 0.900. The lowest BCUT2D eigenvalue weighted by atomic mass is 10.2. The summed E-state index contributed by atoms with van der Waals surface area (Å²) in [5.74, 6) is 0. The minimum Gasteiger partial charge on any atom is -0.301 e. The first kappa shape index (κ1) is 10.5. The highest BCUT2D eigenvalue weighted by Crippen LogP contribution is 2.10. The van der Waals surface area contributed by atoms with Crippen molar-refractivity contribution in [1.82, 2.24) is 10.2 Å². The van der Waals surface area contributed by atoms with Crippen LogP contribution in [-0.4, -0.2) is 36.6 Å². The minimum absolute atomic E-state index is 0.0231. The third kappa shape index (κ3) is 3.33. The first-order valence-corrected chi connectivity index (χ1v) is 5.11. The molecule has 0 amide bonds. The van der Waals surface area contributed by atoms with Crippen LogP contribution in [0.5, 0.6) is 0 Å². The largest absolute Gasteiger partial charge is 0.301 e. The Balaban J connectivity index is 2.17. The fourth-order valence-electron chi connectivity index (χ4n) is 1.70. The topological polar surface area (TPSA) is 39.1 Å². The van der Waals surface area contributed by atoms with Gasteiger partial charge in [0.2, 0.25) is 0 Å². The average molecular weight is 181 g/mol. The number of hydrogen-bond acceptors (Lipinski definition) is 3. The minimum atomic E-state index is -0.0231. The highest BCUT2D eigenvalue weighted by molar-refractivity contribution is 4.86. The van der Waals surface area contributed by atoms with Gasteiger partial charge in [0.05, 0.1) is 12.1 Å². The Bertz CT molecular complexity index is 179. The Hall–Kier alpha value is -0.590. The molecule has 0 bridgehead atoms. The van der Waals surface area contributed by atoms with Gasteiger partial charge in [-0.05, 0) is 39.8 Å². The molecule has 0 aromatic carbocycles. The number of nitrogens with zero attached hydrogens (tertiary/aromatic N) is 2. The summed E-state index contributed by atoms with van der Waals surface area (Å²) in [5, 5.41) is 11.8. The molecule has 1 saturated heterocycles. The van der Waals surface area contributed by atoms with Gasteiger partial charge in [-0.3, -0.25) is 4.90 Å². The molecule has 0 saturated carbocycles. The molecule has 0 aliphatic carbocycles. The van der Waals surface area contributed by atoms with Crippen molar-refractivity contribution < 1.29 is 0 Å². The van der Waals surface area contributed by atoms with Crippen molar-refractivity contribution in [2.45, 2.75) is 38.8 Å². The van der Waals surface area contributed by atoms with Crippen molar-refractivity contribution in [3.05, 3.63) is 0 Å². The van der Waals surface area contributed by atoms with Gasteiger partial charge in [-0.1, -0.05) is 0 Å². The van der Waals surface area contributed by atoms with E-state index < -0.39 is 0 Å². The molecular weight excluding hydrogens is 162 g/mol. The standard InChI is InChI=1S/C10H19N3/c1-9(7-11)12-8-10(2)13-5-3-4-6-13/h9-10,12H,3-6,8H2,1-2H3. The van der Waals surface area contributed by atoms with Crippen LogP contribution in [0.2, 0.25) is 0 Å². The normalized spacial score (nSPS) is 22.5. The zero-order chi connectivity index (χ0) is 9.68. The van der Waals surface area contributed by atoms with E-state index in [9.17, 15) is 0 Å². The van der Waals surface area contributed by atoms with Crippen molar-refractivity contribution in [3.8, 4) is 6.07 Å². The van der Waals surface area contributed by atoms with Crippen LogP contribution in [0.1, 0.15) is 26.7 Å². The van der Waals surface area contributed by atoms with Gasteiger partial charge in [0.1, 0.15) is 0 Å². The van der Waals surface area contributed by atoms with Crippen molar-refractivity contribution >= 4 is 0 Å². The Labute approximate surface area is 80.7 Å². The molecule has 0 radical (unpaired) electrons. The van der Waals surface area contributed by atoms with E-state index in [4.69, 9.17) is 5.26 Å². The molecule has 1 fully saturated rings. The molecule has 1 N–H and O–H groups in total. The average Bonchev–Trinajstić information content (AvgIpc) is 2.66. The summed E-state index contributed by atoms with van der Waals surface area (Å²) in [5.41, 5.74) is 0. The van der Waals surface area contributed by atoms with Gasteiger partial charge in [-0.2, -0.15) is 5.26 Å². The first-order chi connectivity index (χ1) is 6.24. The van der Waals surface area contributed by atoms with Crippen molar-refractivity contribution in [3.63, 3.8) is 0 Å². The Morgan fingerprint density at radius 3 is 2.54 bits per heavy atom. The third-order valence-corrected chi connectivity index (χ3v) is 2.68. The molecule has 1 heterocycles. The van der Waals surface area contributed by atoms with E-state index in [1.54, 1.807) is 0 Å². The van der Waals surface area contributed by atoms with E-state index in [1.165, 1.54) is 25.9 Å². The molecule has 2 atom stereocenters. The summed E-state index contributed by atoms with van der Waals surface area (Å²) in [6.07, 6.45) is 2.66. The van der Waals surface area contributed by atoms with Gasteiger partial charge >= 0.3 is 0 Å². The zero-order valence-electron chi connectivity index (χ0n) is 8.58. The third-order valence-electron chi connectivity index (χ3n) is 2.68. The Morgan fingerprint density at radius 1 is 1.38 bits per heavy atom. The van der Waals surface area contributed by atoms with E-state index in [1.807, 2.05) is 6.92 Å². The lowest BCUT2D eigenvalue weighted by Crippen LogP contribution is -2.41. The smallest absolute Gasteiger partial charge is 0.0924 e. The number of nitriles is 1. The molecule has 2 unspecified atom stereocenters. The maximum Gasteiger partial charge on any atom is 0.0924 e. The quantitative estimate of drug-likeness (QED) is 0.702. The molecule has 13 heavy (non-hydrogen) atoms. The van der Waals surface area contributed by atoms with Crippen molar-refractivity contribution in [1.29, 1.82) is 5.26 Å². The van der Waals surface area contributed by atoms with Crippen LogP contribution in [0.25, 0.3) is 0 Å². The fourth-order valence-corrected chi connectivity index (χ4v) is 1.70. The molecule has 0 spiro atoms. The van der Waals surface area contributed by atoms with E-state index in [2.05, 4.69) is 23.2 Å². The first-order valence-electron chi connectivity index (χ1n) is 5.11. The number of rotatable bonds is 4. The predicted molar refractivity (Wildman–Crippen MR) is 53.3 cm³/mol. The van der Waals surface area contributed by atoms with E-state index in [0.717, 1.165) is 6.54 Å². The van der Waals surface area contributed by atoms with Crippen LogP contribution in [0.3, 0.4) is 0 Å². The SMILES string of the molecule is CC(C#N)NCC(C)N1CCCC1. The highest BCUT2D eigenvalue weighted by Gasteiger charge is 2.17. The molecule has 3 nitrogen and oxygen atoms in total. The lowest BCUT2D eigenvalue weighted by Gasteiger charge is -2.24. The van der Waals surface area contributed by atoms with Gasteiger partial charge < -0.3 is 5.32 Å². The summed E-state index contributed by atoms with van der Waals surface area (Å²) in [6, 6.07) is 2.73. The summed E-state index contributed by atoms with van der Waals surface area (Å²) < 4.78 is 0. The van der Waals surface area contributed by atoms with Crippen molar-refractivity contribution in [2.24, 2.45) is 0 Å². The van der Waals surface area contributed by atoms with Crippen LogP contribution in [0, 0.1) is 11.3 Å². The Kier molecular flexibility index (Phi) is 4.20. The van der Waals surface area contributed by atoms with Crippen LogP contribution < -0.4 is 5.32 Å². The highest BCUT2D eigenvalue weighted by atomic mass is 15.2. The van der Waals surface area contributed by atoms with Crippen LogP contribution >= 0.6 is 0 Å². The number of hydrogen-bond donors (Lipinski definition) is 1. The van der Waals surface area contributed by atoms with Crippen LogP contribution in [0.15, 0.2) is 0 Å². The molecule has 3 heteroatoms. The van der Waals surface area contributed by atoms with Crippen LogP contribution in [-0.2, 0) is 0 Å². The van der Waals surface area contributed by atoms with E-state index >= 15 is 0 Å².